The van der Waals surface area contributed by atoms with E-state index >= 15 is 0 Å². The minimum atomic E-state index is -0.620. The summed E-state index contributed by atoms with van der Waals surface area (Å²) < 4.78 is 15.6. The van der Waals surface area contributed by atoms with E-state index in [9.17, 15) is 9.18 Å². The Morgan fingerprint density at radius 1 is 1.21 bits per heavy atom. The van der Waals surface area contributed by atoms with Crippen molar-refractivity contribution in [3.63, 3.8) is 0 Å². The van der Waals surface area contributed by atoms with Gasteiger partial charge in [0.25, 0.3) is 5.91 Å². The number of aryl methyl sites for hydroxylation is 1. The van der Waals surface area contributed by atoms with Crippen LogP contribution in [-0.2, 0) is 13.1 Å². The van der Waals surface area contributed by atoms with Gasteiger partial charge in [-0.2, -0.15) is 0 Å². The van der Waals surface area contributed by atoms with Crippen LogP contribution in [0.15, 0.2) is 42.5 Å². The van der Waals surface area contributed by atoms with Gasteiger partial charge in [-0.1, -0.05) is 23.6 Å². The second-order valence-electron chi connectivity index (χ2n) is 6.31. The Balaban J connectivity index is 1.73. The maximum atomic E-state index is 13.5. The summed E-state index contributed by atoms with van der Waals surface area (Å²) >= 11 is 5.63. The van der Waals surface area contributed by atoms with Gasteiger partial charge >= 0.3 is 0 Å². The number of benzene rings is 2. The number of hydrogen-bond donors (Lipinski definition) is 2. The summed E-state index contributed by atoms with van der Waals surface area (Å²) in [4.78, 5) is 12.1. The number of amides is 1. The van der Waals surface area contributed by atoms with Gasteiger partial charge < -0.3 is 15.2 Å². The topological polar surface area (TPSA) is 46.1 Å². The Labute approximate surface area is 168 Å². The molecule has 1 amide bonds. The van der Waals surface area contributed by atoms with Crippen LogP contribution < -0.4 is 10.6 Å². The van der Waals surface area contributed by atoms with Crippen molar-refractivity contribution in [1.82, 2.24) is 15.2 Å². The average Bonchev–Trinajstić information content (AvgIpc) is 3.04. The largest absolute Gasteiger partial charge is 0.341 e. The van der Waals surface area contributed by atoms with Crippen LogP contribution in [0, 0.1) is 17.7 Å². The summed E-state index contributed by atoms with van der Waals surface area (Å²) in [6, 6.07) is 12.4. The third kappa shape index (κ3) is 4.36. The average molecular weight is 398 g/mol. The molecule has 144 valence electrons. The molecule has 0 aliphatic rings. The minimum Gasteiger partial charge on any atom is -0.341 e. The molecular formula is C22H21ClFN3O. The van der Waals surface area contributed by atoms with Gasteiger partial charge in [-0.25, -0.2) is 4.39 Å². The molecule has 1 aromatic heterocycles. The fourth-order valence-electron chi connectivity index (χ4n) is 3.08. The van der Waals surface area contributed by atoms with Crippen LogP contribution in [0.4, 0.5) is 4.39 Å². The molecule has 28 heavy (non-hydrogen) atoms. The van der Waals surface area contributed by atoms with Crippen molar-refractivity contribution in [3.05, 3.63) is 70.1 Å². The van der Waals surface area contributed by atoms with E-state index in [0.717, 1.165) is 35.8 Å². The number of carbonyl (C=O) groups is 1. The molecule has 0 aliphatic carbocycles. The number of halogens is 2. The monoisotopic (exact) mass is 397 g/mol. The summed E-state index contributed by atoms with van der Waals surface area (Å²) in [5.74, 6) is 5.08. The molecule has 3 aromatic rings. The Morgan fingerprint density at radius 3 is 2.75 bits per heavy atom. The predicted molar refractivity (Wildman–Crippen MR) is 111 cm³/mol. The lowest BCUT2D eigenvalue weighted by Gasteiger charge is -2.04. The number of aromatic nitrogens is 1. The first-order valence-electron chi connectivity index (χ1n) is 9.02. The molecule has 3 rings (SSSR count). The van der Waals surface area contributed by atoms with Crippen LogP contribution in [-0.4, -0.2) is 24.1 Å². The predicted octanol–water partition coefficient (Wildman–Crippen LogP) is 3.95. The van der Waals surface area contributed by atoms with Crippen molar-refractivity contribution in [3.8, 4) is 11.8 Å². The van der Waals surface area contributed by atoms with Crippen LogP contribution in [0.25, 0.3) is 10.9 Å². The number of rotatable bonds is 5. The highest BCUT2D eigenvalue weighted by Gasteiger charge is 2.08. The van der Waals surface area contributed by atoms with E-state index in [0.29, 0.717) is 0 Å². The molecule has 1 heterocycles. The van der Waals surface area contributed by atoms with Crippen molar-refractivity contribution < 1.29 is 9.18 Å². The Kier molecular flexibility index (Phi) is 6.35. The van der Waals surface area contributed by atoms with Gasteiger partial charge in [0.15, 0.2) is 0 Å². The maximum absolute atomic E-state index is 13.5. The number of carbonyl (C=O) groups excluding carboxylic acids is 1. The van der Waals surface area contributed by atoms with Crippen molar-refractivity contribution >= 4 is 28.4 Å². The molecule has 0 aliphatic heterocycles. The third-order valence-corrected chi connectivity index (χ3v) is 4.70. The van der Waals surface area contributed by atoms with Crippen LogP contribution in [0.5, 0.6) is 0 Å². The van der Waals surface area contributed by atoms with E-state index in [-0.39, 0.29) is 17.1 Å². The molecule has 0 fully saturated rings. The fraction of sp³-hybridized carbons (Fsp3) is 0.227. The molecule has 2 N–H and O–H groups in total. The van der Waals surface area contributed by atoms with E-state index in [4.69, 9.17) is 11.6 Å². The number of nitrogens with one attached hydrogen (secondary N) is 2. The summed E-state index contributed by atoms with van der Waals surface area (Å²) in [6.07, 6.45) is 0. The molecule has 0 spiro atoms. The van der Waals surface area contributed by atoms with Gasteiger partial charge in [-0.15, -0.1) is 0 Å². The molecule has 4 nitrogen and oxygen atoms in total. The normalized spacial score (nSPS) is 10.6. The highest BCUT2D eigenvalue weighted by Crippen LogP contribution is 2.21. The van der Waals surface area contributed by atoms with Crippen LogP contribution in [0.1, 0.15) is 28.5 Å². The second kappa shape index (κ2) is 8.92. The SMILES string of the molecule is CCn1c(C#CCNC(=O)c2ccc(Cl)c(F)c2)cc2cc(CNC)ccc21. The lowest BCUT2D eigenvalue weighted by atomic mass is 10.1. The van der Waals surface area contributed by atoms with Gasteiger partial charge in [0.05, 0.1) is 17.3 Å². The Bertz CT molecular complexity index is 1080. The summed E-state index contributed by atoms with van der Waals surface area (Å²) in [5.41, 5.74) is 3.45. The van der Waals surface area contributed by atoms with Crippen LogP contribution in [0.3, 0.4) is 0 Å². The molecule has 0 saturated heterocycles. The van der Waals surface area contributed by atoms with Crippen molar-refractivity contribution in [2.75, 3.05) is 13.6 Å². The molecular weight excluding hydrogens is 377 g/mol. The first-order valence-corrected chi connectivity index (χ1v) is 9.40. The van der Waals surface area contributed by atoms with Crippen molar-refractivity contribution in [2.45, 2.75) is 20.0 Å². The minimum absolute atomic E-state index is 0.0124. The van der Waals surface area contributed by atoms with Crippen molar-refractivity contribution in [1.29, 1.82) is 0 Å². The summed E-state index contributed by atoms with van der Waals surface area (Å²) in [7, 11) is 1.92. The van der Waals surface area contributed by atoms with E-state index in [1.54, 1.807) is 0 Å². The van der Waals surface area contributed by atoms with E-state index in [1.807, 2.05) is 7.05 Å². The lowest BCUT2D eigenvalue weighted by Crippen LogP contribution is -2.23. The Hall–Kier alpha value is -2.81. The summed E-state index contributed by atoms with van der Waals surface area (Å²) in [5, 5.41) is 6.95. The smallest absolute Gasteiger partial charge is 0.252 e. The summed E-state index contributed by atoms with van der Waals surface area (Å²) in [6.45, 7) is 3.85. The Morgan fingerprint density at radius 2 is 2.04 bits per heavy atom. The highest BCUT2D eigenvalue weighted by atomic mass is 35.5. The second-order valence-corrected chi connectivity index (χ2v) is 6.72. The zero-order chi connectivity index (χ0) is 20.1. The van der Waals surface area contributed by atoms with E-state index in [1.165, 1.54) is 17.7 Å². The number of nitrogens with zero attached hydrogens (tertiary/aromatic N) is 1. The molecule has 0 radical (unpaired) electrons. The van der Waals surface area contributed by atoms with Gasteiger partial charge in [-0.05, 0) is 61.9 Å². The van der Waals surface area contributed by atoms with Crippen LogP contribution in [0.2, 0.25) is 5.02 Å². The zero-order valence-corrected chi connectivity index (χ0v) is 16.5. The van der Waals surface area contributed by atoms with Gasteiger partial charge in [0.1, 0.15) is 5.82 Å². The van der Waals surface area contributed by atoms with E-state index < -0.39 is 11.7 Å². The molecule has 0 atom stereocenters. The maximum Gasteiger partial charge on any atom is 0.252 e. The van der Waals surface area contributed by atoms with Crippen molar-refractivity contribution in [2.24, 2.45) is 0 Å². The third-order valence-electron chi connectivity index (χ3n) is 4.40. The molecule has 6 heteroatoms. The van der Waals surface area contributed by atoms with E-state index in [2.05, 4.69) is 58.2 Å². The molecule has 0 bridgehead atoms. The lowest BCUT2D eigenvalue weighted by molar-refractivity contribution is 0.0958. The standard InChI is InChI=1S/C22H21ClFN3O/c1-3-27-18(12-17-11-15(14-25-2)6-9-21(17)27)5-4-10-26-22(28)16-7-8-19(23)20(24)13-16/h6-9,11-13,25H,3,10,14H2,1-2H3,(H,26,28). The molecule has 0 saturated carbocycles. The zero-order valence-electron chi connectivity index (χ0n) is 15.8. The quantitative estimate of drug-likeness (QED) is 0.640. The molecule has 0 unspecified atom stereocenters. The van der Waals surface area contributed by atoms with Gasteiger partial charge in [0.2, 0.25) is 0 Å². The highest BCUT2D eigenvalue weighted by molar-refractivity contribution is 6.30. The van der Waals surface area contributed by atoms with Crippen LogP contribution >= 0.6 is 11.6 Å². The number of hydrogen-bond acceptors (Lipinski definition) is 2. The fourth-order valence-corrected chi connectivity index (χ4v) is 3.19. The first-order chi connectivity index (χ1) is 13.5. The number of fused-ring (bicyclic) bond motifs is 1. The molecule has 2 aromatic carbocycles. The first kappa shape index (κ1) is 19.9. The van der Waals surface area contributed by atoms with Gasteiger partial charge in [-0.3, -0.25) is 4.79 Å². The van der Waals surface area contributed by atoms with Gasteiger partial charge in [0, 0.05) is 29.6 Å².